The fraction of sp³-hybridized carbons (Fsp3) is 0.217. The van der Waals surface area contributed by atoms with Gasteiger partial charge in [0, 0.05) is 42.5 Å². The number of nitrogen functional groups attached to an aromatic ring is 1. The molecular weight excluding hydrogens is 426 g/mol. The molecule has 5 N–H and O–H groups in total. The first-order valence-electron chi connectivity index (χ1n) is 10.4. The van der Waals surface area contributed by atoms with Crippen molar-refractivity contribution in [1.29, 1.82) is 5.41 Å². The molecular formula is C23H24ClN7O. The number of rotatable bonds is 9. The van der Waals surface area contributed by atoms with Crippen LogP contribution in [0.1, 0.15) is 24.0 Å². The lowest BCUT2D eigenvalue weighted by atomic mass is 10.1. The van der Waals surface area contributed by atoms with Gasteiger partial charge in [-0.15, -0.1) is 0 Å². The monoisotopic (exact) mass is 449 g/mol. The summed E-state index contributed by atoms with van der Waals surface area (Å²) in [5.41, 5.74) is 8.92. The van der Waals surface area contributed by atoms with Crippen LogP contribution in [0.2, 0.25) is 5.02 Å². The molecule has 9 heteroatoms. The molecule has 8 nitrogen and oxygen atoms in total. The van der Waals surface area contributed by atoms with Crippen LogP contribution in [0, 0.1) is 5.41 Å². The Kier molecular flexibility index (Phi) is 6.51. The van der Waals surface area contributed by atoms with Crippen molar-refractivity contribution in [2.75, 3.05) is 6.54 Å². The van der Waals surface area contributed by atoms with E-state index >= 15 is 0 Å². The molecule has 0 radical (unpaired) electrons. The topological polar surface area (TPSA) is 125 Å². The number of aromatic nitrogens is 4. The largest absolute Gasteiger partial charge is 0.384 e. The van der Waals surface area contributed by atoms with Crippen molar-refractivity contribution < 1.29 is 4.79 Å². The Morgan fingerprint density at radius 3 is 2.81 bits per heavy atom. The number of hydrogen-bond acceptors (Lipinski definition) is 4. The summed E-state index contributed by atoms with van der Waals surface area (Å²) in [6, 6.07) is 13.0. The maximum Gasteiger partial charge on any atom is 0.220 e. The minimum atomic E-state index is 0.0102. The number of nitrogens with two attached hydrogens (primary N) is 1. The molecule has 0 spiro atoms. The minimum Gasteiger partial charge on any atom is -0.384 e. The predicted octanol–water partition coefficient (Wildman–Crippen LogP) is 3.50. The number of hydrogen-bond donors (Lipinski definition) is 4. The van der Waals surface area contributed by atoms with E-state index in [9.17, 15) is 4.79 Å². The fourth-order valence-corrected chi connectivity index (χ4v) is 3.61. The van der Waals surface area contributed by atoms with Crippen LogP contribution in [0.15, 0.2) is 54.9 Å². The van der Waals surface area contributed by atoms with Crippen LogP contribution in [-0.4, -0.2) is 37.8 Å². The second-order valence-corrected chi connectivity index (χ2v) is 7.94. The van der Waals surface area contributed by atoms with Gasteiger partial charge in [0.1, 0.15) is 5.84 Å². The van der Waals surface area contributed by atoms with Crippen LogP contribution in [0.5, 0.6) is 0 Å². The molecule has 0 unspecified atom stereocenters. The van der Waals surface area contributed by atoms with Gasteiger partial charge in [-0.1, -0.05) is 23.7 Å². The van der Waals surface area contributed by atoms with E-state index in [2.05, 4.69) is 20.3 Å². The second-order valence-electron chi connectivity index (χ2n) is 7.51. The number of nitrogens with one attached hydrogen (secondary N) is 3. The van der Waals surface area contributed by atoms with Crippen LogP contribution in [0.25, 0.3) is 22.7 Å². The van der Waals surface area contributed by atoms with E-state index in [1.807, 2.05) is 41.1 Å². The molecule has 2 aromatic heterocycles. The van der Waals surface area contributed by atoms with Crippen molar-refractivity contribution in [2.24, 2.45) is 5.73 Å². The van der Waals surface area contributed by atoms with Gasteiger partial charge < -0.3 is 20.6 Å². The standard InChI is InChI=1S/C23H24ClN7O/c24-17-6-3-15(4-7-17)9-10-27-20(32)2-1-12-31-13-11-28-23(31)22-29-18-8-5-16(21(25)26)14-19(18)30-22/h3-8,11,13-14H,1-2,9-10,12H2,(H3,25,26)(H,27,32)(H,29,30). The molecule has 4 rings (SSSR count). The third kappa shape index (κ3) is 5.15. The smallest absolute Gasteiger partial charge is 0.220 e. The zero-order valence-electron chi connectivity index (χ0n) is 17.4. The molecule has 0 bridgehead atoms. The van der Waals surface area contributed by atoms with Gasteiger partial charge in [0.05, 0.1) is 11.0 Å². The first-order chi connectivity index (χ1) is 15.5. The number of H-pyrrole nitrogens is 1. The van der Waals surface area contributed by atoms with Crippen LogP contribution in [-0.2, 0) is 17.8 Å². The van der Waals surface area contributed by atoms with Crippen LogP contribution >= 0.6 is 11.6 Å². The van der Waals surface area contributed by atoms with Crippen LogP contribution < -0.4 is 11.1 Å². The molecule has 1 amide bonds. The highest BCUT2D eigenvalue weighted by atomic mass is 35.5. The van der Waals surface area contributed by atoms with Crippen molar-refractivity contribution >= 4 is 34.4 Å². The van der Waals surface area contributed by atoms with Crippen LogP contribution in [0.3, 0.4) is 0 Å². The maximum absolute atomic E-state index is 12.2. The summed E-state index contributed by atoms with van der Waals surface area (Å²) in [4.78, 5) is 24.4. The number of nitrogens with zero attached hydrogens (tertiary/aromatic N) is 3. The highest BCUT2D eigenvalue weighted by molar-refractivity contribution is 6.30. The lowest BCUT2D eigenvalue weighted by molar-refractivity contribution is -0.121. The molecule has 0 atom stereocenters. The zero-order chi connectivity index (χ0) is 22.5. The summed E-state index contributed by atoms with van der Waals surface area (Å²) in [7, 11) is 0. The summed E-state index contributed by atoms with van der Waals surface area (Å²) < 4.78 is 1.98. The third-order valence-corrected chi connectivity index (χ3v) is 5.42. The van der Waals surface area contributed by atoms with E-state index in [-0.39, 0.29) is 11.7 Å². The van der Waals surface area contributed by atoms with Crippen molar-refractivity contribution in [3.8, 4) is 11.6 Å². The van der Waals surface area contributed by atoms with Gasteiger partial charge in [0.15, 0.2) is 11.6 Å². The lowest BCUT2D eigenvalue weighted by Gasteiger charge is -2.07. The number of benzene rings is 2. The van der Waals surface area contributed by atoms with Crippen LogP contribution in [0.4, 0.5) is 0 Å². The lowest BCUT2D eigenvalue weighted by Crippen LogP contribution is -2.25. The van der Waals surface area contributed by atoms with E-state index < -0.39 is 0 Å². The fourth-order valence-electron chi connectivity index (χ4n) is 3.49. The van der Waals surface area contributed by atoms with Crippen molar-refractivity contribution in [1.82, 2.24) is 24.8 Å². The van der Waals surface area contributed by atoms with Gasteiger partial charge in [-0.3, -0.25) is 10.2 Å². The molecule has 0 aliphatic heterocycles. The highest BCUT2D eigenvalue weighted by Crippen LogP contribution is 2.20. The van der Waals surface area contributed by atoms with E-state index in [4.69, 9.17) is 22.7 Å². The average Bonchev–Trinajstić information content (AvgIpc) is 3.41. The van der Waals surface area contributed by atoms with E-state index in [0.29, 0.717) is 48.2 Å². The zero-order valence-corrected chi connectivity index (χ0v) is 18.2. The van der Waals surface area contributed by atoms with Gasteiger partial charge in [-0.25, -0.2) is 9.97 Å². The van der Waals surface area contributed by atoms with Gasteiger partial charge in [0.25, 0.3) is 0 Å². The normalized spacial score (nSPS) is 11.0. The molecule has 4 aromatic rings. The number of amides is 1. The molecule has 2 heterocycles. The van der Waals surface area contributed by atoms with Gasteiger partial charge in [-0.05, 0) is 48.7 Å². The number of carbonyl (C=O) groups is 1. The van der Waals surface area contributed by atoms with Gasteiger partial charge in [0.2, 0.25) is 5.91 Å². The number of halogens is 1. The summed E-state index contributed by atoms with van der Waals surface area (Å²) in [6.45, 7) is 1.24. The van der Waals surface area contributed by atoms with Crippen molar-refractivity contribution in [3.63, 3.8) is 0 Å². The summed E-state index contributed by atoms with van der Waals surface area (Å²) in [6.07, 6.45) is 5.48. The average molecular weight is 450 g/mol. The van der Waals surface area contributed by atoms with E-state index in [1.54, 1.807) is 18.3 Å². The Morgan fingerprint density at radius 2 is 2.03 bits per heavy atom. The van der Waals surface area contributed by atoms with E-state index in [1.165, 1.54) is 0 Å². The maximum atomic E-state index is 12.2. The second kappa shape index (κ2) is 9.65. The first kappa shape index (κ1) is 21.6. The molecule has 0 saturated carbocycles. The number of imidazole rings is 2. The SMILES string of the molecule is N=C(N)c1ccc2nc(-c3nccn3CCCC(=O)NCCc3ccc(Cl)cc3)[nH]c2c1. The van der Waals surface area contributed by atoms with Gasteiger partial charge >= 0.3 is 0 Å². The molecule has 2 aromatic carbocycles. The molecule has 0 aliphatic carbocycles. The molecule has 0 aliphatic rings. The first-order valence-corrected chi connectivity index (χ1v) is 10.7. The Hall–Kier alpha value is -3.65. The Balaban J connectivity index is 1.30. The molecule has 0 saturated heterocycles. The van der Waals surface area contributed by atoms with E-state index in [0.717, 1.165) is 23.0 Å². The molecule has 32 heavy (non-hydrogen) atoms. The minimum absolute atomic E-state index is 0.0102. The number of carbonyl (C=O) groups excluding carboxylic acids is 1. The third-order valence-electron chi connectivity index (χ3n) is 5.17. The Morgan fingerprint density at radius 1 is 1.22 bits per heavy atom. The number of fused-ring (bicyclic) bond motifs is 1. The predicted molar refractivity (Wildman–Crippen MR) is 126 cm³/mol. The number of aryl methyl sites for hydroxylation is 1. The highest BCUT2D eigenvalue weighted by Gasteiger charge is 2.12. The molecule has 0 fully saturated rings. The number of amidine groups is 1. The summed E-state index contributed by atoms with van der Waals surface area (Å²) in [5, 5.41) is 11.3. The summed E-state index contributed by atoms with van der Waals surface area (Å²) >= 11 is 5.89. The quantitative estimate of drug-likeness (QED) is 0.230. The Bertz CT molecular complexity index is 1240. The van der Waals surface area contributed by atoms with Crippen molar-refractivity contribution in [3.05, 3.63) is 71.0 Å². The van der Waals surface area contributed by atoms with Gasteiger partial charge in [-0.2, -0.15) is 0 Å². The summed E-state index contributed by atoms with van der Waals surface area (Å²) in [5.74, 6) is 1.38. The van der Waals surface area contributed by atoms with Crippen molar-refractivity contribution in [2.45, 2.75) is 25.8 Å². The Labute approximate surface area is 190 Å². The molecule has 164 valence electrons. The number of aromatic amines is 1.